The first kappa shape index (κ1) is 9.03. The van der Waals surface area contributed by atoms with E-state index in [0.29, 0.717) is 0 Å². The van der Waals surface area contributed by atoms with Crippen molar-refractivity contribution in [2.45, 2.75) is 13.8 Å². The minimum absolute atomic E-state index is 0.131. The summed E-state index contributed by atoms with van der Waals surface area (Å²) in [5.41, 5.74) is 0. The predicted molar refractivity (Wildman–Crippen MR) is 41.3 cm³/mol. The first-order chi connectivity index (χ1) is 4.54. The lowest BCUT2D eigenvalue weighted by molar-refractivity contribution is -0.122. The summed E-state index contributed by atoms with van der Waals surface area (Å²) < 4.78 is 0. The molecule has 1 amide bonds. The maximum absolute atomic E-state index is 10.8. The average Bonchev–Trinajstić information content (AvgIpc) is 1.82. The Bertz CT molecular complexity index is 171. The van der Waals surface area contributed by atoms with Crippen molar-refractivity contribution in [1.29, 1.82) is 0 Å². The molecule has 0 rings (SSSR count). The highest BCUT2D eigenvalue weighted by atomic mass is 16.2. The standard InChI is InChI=1S/C8H13NO/c1-7(2)5-6-8(10)9(3)4/h7H,1-4H3. The maximum Gasteiger partial charge on any atom is 0.297 e. The molecule has 0 fully saturated rings. The van der Waals surface area contributed by atoms with Crippen molar-refractivity contribution < 1.29 is 4.79 Å². The Morgan fingerprint density at radius 3 is 2.20 bits per heavy atom. The second kappa shape index (κ2) is 3.94. The van der Waals surface area contributed by atoms with Crippen LogP contribution in [0, 0.1) is 17.8 Å². The van der Waals surface area contributed by atoms with Crippen molar-refractivity contribution in [2.75, 3.05) is 14.1 Å². The Morgan fingerprint density at radius 2 is 1.90 bits per heavy atom. The summed E-state index contributed by atoms with van der Waals surface area (Å²) in [6, 6.07) is 0. The first-order valence-electron chi connectivity index (χ1n) is 3.27. The van der Waals surface area contributed by atoms with E-state index in [9.17, 15) is 4.79 Å². The van der Waals surface area contributed by atoms with Crippen LogP contribution in [-0.2, 0) is 4.79 Å². The molecule has 0 aromatic carbocycles. The molecule has 0 radical (unpaired) electrons. The van der Waals surface area contributed by atoms with Crippen molar-refractivity contribution in [2.24, 2.45) is 5.92 Å². The highest BCUT2D eigenvalue weighted by molar-refractivity contribution is 5.93. The van der Waals surface area contributed by atoms with Crippen LogP contribution < -0.4 is 0 Å². The van der Waals surface area contributed by atoms with Crippen LogP contribution >= 0.6 is 0 Å². The van der Waals surface area contributed by atoms with E-state index in [1.165, 1.54) is 4.90 Å². The molecule has 10 heavy (non-hydrogen) atoms. The third-order valence-corrected chi connectivity index (χ3v) is 0.874. The zero-order chi connectivity index (χ0) is 8.15. The number of hydrogen-bond acceptors (Lipinski definition) is 1. The fourth-order valence-corrected chi connectivity index (χ4v) is 0.318. The molecular formula is C8H13NO. The molecule has 0 aromatic rings. The summed E-state index contributed by atoms with van der Waals surface area (Å²) in [4.78, 5) is 12.3. The van der Waals surface area contributed by atoms with E-state index in [1.807, 2.05) is 13.8 Å². The van der Waals surface area contributed by atoms with Crippen LogP contribution in [0.2, 0.25) is 0 Å². The summed E-state index contributed by atoms with van der Waals surface area (Å²) in [5.74, 6) is 5.44. The van der Waals surface area contributed by atoms with Gasteiger partial charge in [-0.05, 0) is 5.92 Å². The third kappa shape index (κ3) is 3.96. The summed E-state index contributed by atoms with van der Waals surface area (Å²) in [6.07, 6.45) is 0. The van der Waals surface area contributed by atoms with Gasteiger partial charge >= 0.3 is 0 Å². The normalized spacial score (nSPS) is 8.50. The molecule has 2 heteroatoms. The number of hydrogen-bond donors (Lipinski definition) is 0. The average molecular weight is 139 g/mol. The van der Waals surface area contributed by atoms with Crippen molar-refractivity contribution in [3.8, 4) is 11.8 Å². The quantitative estimate of drug-likeness (QED) is 0.453. The molecule has 56 valence electrons. The smallest absolute Gasteiger partial charge is 0.297 e. The van der Waals surface area contributed by atoms with E-state index in [-0.39, 0.29) is 11.8 Å². The molecule has 2 nitrogen and oxygen atoms in total. The van der Waals surface area contributed by atoms with Crippen LogP contribution in [0.25, 0.3) is 0 Å². The lowest BCUT2D eigenvalue weighted by atomic mass is 10.2. The van der Waals surface area contributed by atoms with Gasteiger partial charge in [-0.1, -0.05) is 19.8 Å². The van der Waals surface area contributed by atoms with Crippen molar-refractivity contribution in [1.82, 2.24) is 4.90 Å². The highest BCUT2D eigenvalue weighted by Crippen LogP contribution is 1.86. The molecule has 0 aliphatic heterocycles. The van der Waals surface area contributed by atoms with E-state index >= 15 is 0 Å². The molecule has 0 atom stereocenters. The molecule has 0 saturated heterocycles. The molecule has 0 aromatic heterocycles. The number of carbonyl (C=O) groups excluding carboxylic acids is 1. The fraction of sp³-hybridized carbons (Fsp3) is 0.625. The molecule has 0 unspecified atom stereocenters. The second-order valence-corrected chi connectivity index (χ2v) is 2.62. The van der Waals surface area contributed by atoms with Gasteiger partial charge in [0, 0.05) is 20.0 Å². The van der Waals surface area contributed by atoms with Crippen LogP contribution in [-0.4, -0.2) is 24.9 Å². The van der Waals surface area contributed by atoms with Gasteiger partial charge in [0.2, 0.25) is 0 Å². The zero-order valence-electron chi connectivity index (χ0n) is 6.93. The van der Waals surface area contributed by atoms with Gasteiger partial charge in [-0.3, -0.25) is 4.79 Å². The van der Waals surface area contributed by atoms with Crippen molar-refractivity contribution in [3.63, 3.8) is 0 Å². The molecule has 0 aliphatic rings. The van der Waals surface area contributed by atoms with E-state index in [1.54, 1.807) is 14.1 Å². The van der Waals surface area contributed by atoms with Crippen LogP contribution in [0.3, 0.4) is 0 Å². The second-order valence-electron chi connectivity index (χ2n) is 2.62. The Hall–Kier alpha value is -0.970. The Kier molecular flexibility index (Phi) is 3.56. The Morgan fingerprint density at radius 1 is 1.40 bits per heavy atom. The number of rotatable bonds is 0. The first-order valence-corrected chi connectivity index (χ1v) is 3.27. The predicted octanol–water partition coefficient (Wildman–Crippen LogP) is 0.734. The molecular weight excluding hydrogens is 126 g/mol. The Balaban J connectivity index is 3.93. The van der Waals surface area contributed by atoms with E-state index in [0.717, 1.165) is 0 Å². The van der Waals surface area contributed by atoms with E-state index in [4.69, 9.17) is 0 Å². The van der Waals surface area contributed by atoms with Crippen molar-refractivity contribution in [3.05, 3.63) is 0 Å². The number of nitrogens with zero attached hydrogens (tertiary/aromatic N) is 1. The topological polar surface area (TPSA) is 20.3 Å². The van der Waals surface area contributed by atoms with Crippen molar-refractivity contribution >= 4 is 5.91 Å². The minimum atomic E-state index is -0.131. The number of amides is 1. The third-order valence-electron chi connectivity index (χ3n) is 0.874. The van der Waals surface area contributed by atoms with Crippen LogP contribution in [0.5, 0.6) is 0 Å². The molecule has 0 bridgehead atoms. The molecule has 0 N–H and O–H groups in total. The van der Waals surface area contributed by atoms with Gasteiger partial charge in [0.1, 0.15) is 0 Å². The Labute approximate surface area is 62.2 Å². The maximum atomic E-state index is 10.8. The summed E-state index contributed by atoms with van der Waals surface area (Å²) in [5, 5.41) is 0. The lowest BCUT2D eigenvalue weighted by Gasteiger charge is -2.02. The summed E-state index contributed by atoms with van der Waals surface area (Å²) in [7, 11) is 3.38. The van der Waals surface area contributed by atoms with Gasteiger partial charge in [0.15, 0.2) is 0 Å². The van der Waals surface area contributed by atoms with Gasteiger partial charge in [-0.25, -0.2) is 0 Å². The van der Waals surface area contributed by atoms with E-state index in [2.05, 4.69) is 11.8 Å². The van der Waals surface area contributed by atoms with E-state index < -0.39 is 0 Å². The highest BCUT2D eigenvalue weighted by Gasteiger charge is 1.95. The van der Waals surface area contributed by atoms with Crippen LogP contribution in [0.1, 0.15) is 13.8 Å². The van der Waals surface area contributed by atoms with Gasteiger partial charge in [0.05, 0.1) is 0 Å². The minimum Gasteiger partial charge on any atom is -0.338 e. The molecule has 0 aliphatic carbocycles. The van der Waals surface area contributed by atoms with Crippen LogP contribution in [0.15, 0.2) is 0 Å². The number of carbonyl (C=O) groups is 1. The van der Waals surface area contributed by atoms with Gasteiger partial charge in [-0.2, -0.15) is 0 Å². The monoisotopic (exact) mass is 139 g/mol. The van der Waals surface area contributed by atoms with Crippen LogP contribution in [0.4, 0.5) is 0 Å². The van der Waals surface area contributed by atoms with Gasteiger partial charge in [-0.15, -0.1) is 0 Å². The zero-order valence-corrected chi connectivity index (χ0v) is 6.93. The largest absolute Gasteiger partial charge is 0.338 e. The summed E-state index contributed by atoms with van der Waals surface area (Å²) in [6.45, 7) is 3.91. The lowest BCUT2D eigenvalue weighted by Crippen LogP contribution is -2.19. The molecule has 0 spiro atoms. The van der Waals surface area contributed by atoms with Gasteiger partial charge in [0.25, 0.3) is 5.91 Å². The fourth-order valence-electron chi connectivity index (χ4n) is 0.318. The molecule has 0 heterocycles. The molecule has 0 saturated carbocycles. The SMILES string of the molecule is CC(C)C#CC(=O)N(C)C. The summed E-state index contributed by atoms with van der Waals surface area (Å²) >= 11 is 0. The van der Waals surface area contributed by atoms with Gasteiger partial charge < -0.3 is 4.90 Å².